The summed E-state index contributed by atoms with van der Waals surface area (Å²) >= 11 is 0. The standard InChI is InChI=1S/C11H11N3O2/c15-11(16)8-3-1-2-4-9(8)14-7-10-12-5-6-13-10/h1-6,14H,7H2,(H,12,13)(H,15,16). The summed E-state index contributed by atoms with van der Waals surface area (Å²) < 4.78 is 0. The fourth-order valence-electron chi connectivity index (χ4n) is 1.40. The first-order chi connectivity index (χ1) is 7.77. The third kappa shape index (κ3) is 2.20. The Morgan fingerprint density at radius 3 is 2.94 bits per heavy atom. The minimum absolute atomic E-state index is 0.258. The van der Waals surface area contributed by atoms with E-state index in [0.29, 0.717) is 12.2 Å². The van der Waals surface area contributed by atoms with Gasteiger partial charge in [0.25, 0.3) is 0 Å². The first kappa shape index (κ1) is 10.2. The third-order valence-corrected chi connectivity index (χ3v) is 2.16. The summed E-state index contributed by atoms with van der Waals surface area (Å²) in [7, 11) is 0. The van der Waals surface area contributed by atoms with Gasteiger partial charge in [0, 0.05) is 18.1 Å². The van der Waals surface area contributed by atoms with E-state index in [1.165, 1.54) is 0 Å². The van der Waals surface area contributed by atoms with E-state index in [4.69, 9.17) is 5.11 Å². The van der Waals surface area contributed by atoms with E-state index in [1.54, 1.807) is 36.7 Å². The molecule has 5 heteroatoms. The third-order valence-electron chi connectivity index (χ3n) is 2.16. The topological polar surface area (TPSA) is 78.0 Å². The number of rotatable bonds is 4. The molecule has 2 aromatic rings. The van der Waals surface area contributed by atoms with Crippen molar-refractivity contribution in [1.29, 1.82) is 0 Å². The number of carboxylic acids is 1. The molecule has 0 aliphatic rings. The van der Waals surface area contributed by atoms with Crippen molar-refractivity contribution in [3.05, 3.63) is 48.0 Å². The van der Waals surface area contributed by atoms with E-state index in [2.05, 4.69) is 15.3 Å². The van der Waals surface area contributed by atoms with E-state index in [0.717, 1.165) is 5.82 Å². The largest absolute Gasteiger partial charge is 0.478 e. The van der Waals surface area contributed by atoms with E-state index >= 15 is 0 Å². The molecule has 1 aromatic carbocycles. The molecule has 1 heterocycles. The number of carboxylic acid groups (broad SMARTS) is 1. The van der Waals surface area contributed by atoms with Crippen molar-refractivity contribution in [3.8, 4) is 0 Å². The quantitative estimate of drug-likeness (QED) is 0.728. The maximum absolute atomic E-state index is 10.9. The van der Waals surface area contributed by atoms with Gasteiger partial charge in [-0.15, -0.1) is 0 Å². The number of anilines is 1. The molecule has 0 atom stereocenters. The van der Waals surface area contributed by atoms with Crippen LogP contribution >= 0.6 is 0 Å². The predicted octanol–water partition coefficient (Wildman–Crippen LogP) is 1.72. The maximum atomic E-state index is 10.9. The van der Waals surface area contributed by atoms with E-state index in [-0.39, 0.29) is 5.56 Å². The van der Waals surface area contributed by atoms with Crippen molar-refractivity contribution >= 4 is 11.7 Å². The van der Waals surface area contributed by atoms with Crippen LogP contribution in [0.15, 0.2) is 36.7 Å². The monoisotopic (exact) mass is 217 g/mol. The summed E-state index contributed by atoms with van der Waals surface area (Å²) in [6, 6.07) is 6.78. The molecule has 0 bridgehead atoms. The number of nitrogens with one attached hydrogen (secondary N) is 2. The molecule has 82 valence electrons. The summed E-state index contributed by atoms with van der Waals surface area (Å²) in [5.41, 5.74) is 0.848. The summed E-state index contributed by atoms with van der Waals surface area (Å²) in [4.78, 5) is 17.9. The normalized spacial score (nSPS) is 10.0. The summed E-state index contributed by atoms with van der Waals surface area (Å²) in [6.07, 6.45) is 3.38. The number of H-pyrrole nitrogens is 1. The number of imidazole rings is 1. The van der Waals surface area contributed by atoms with Crippen LogP contribution in [0.2, 0.25) is 0 Å². The smallest absolute Gasteiger partial charge is 0.337 e. The van der Waals surface area contributed by atoms with Gasteiger partial charge in [-0.05, 0) is 12.1 Å². The summed E-state index contributed by atoms with van der Waals surface area (Å²) in [5.74, 6) is -0.178. The van der Waals surface area contributed by atoms with E-state index in [1.807, 2.05) is 0 Å². The molecule has 0 spiro atoms. The van der Waals surface area contributed by atoms with Gasteiger partial charge in [0.2, 0.25) is 0 Å². The van der Waals surface area contributed by atoms with Crippen LogP contribution in [-0.2, 0) is 6.54 Å². The van der Waals surface area contributed by atoms with Gasteiger partial charge >= 0.3 is 5.97 Å². The molecule has 0 aliphatic heterocycles. The zero-order chi connectivity index (χ0) is 11.4. The lowest BCUT2D eigenvalue weighted by molar-refractivity contribution is 0.0698. The number of hydrogen-bond donors (Lipinski definition) is 3. The Morgan fingerprint density at radius 1 is 1.44 bits per heavy atom. The molecule has 0 amide bonds. The molecular weight excluding hydrogens is 206 g/mol. The highest BCUT2D eigenvalue weighted by Gasteiger charge is 2.08. The van der Waals surface area contributed by atoms with Crippen LogP contribution in [0.4, 0.5) is 5.69 Å². The van der Waals surface area contributed by atoms with Gasteiger partial charge in [0.05, 0.1) is 12.1 Å². The lowest BCUT2D eigenvalue weighted by atomic mass is 10.2. The molecule has 0 saturated heterocycles. The van der Waals surface area contributed by atoms with E-state index < -0.39 is 5.97 Å². The molecular formula is C11H11N3O2. The molecule has 0 aliphatic carbocycles. The Labute approximate surface area is 92.2 Å². The average Bonchev–Trinajstić information content (AvgIpc) is 2.79. The van der Waals surface area contributed by atoms with Crippen molar-refractivity contribution in [2.45, 2.75) is 6.54 Å². The molecule has 0 radical (unpaired) electrons. The lowest BCUT2D eigenvalue weighted by Gasteiger charge is -2.07. The molecule has 16 heavy (non-hydrogen) atoms. The van der Waals surface area contributed by atoms with Crippen molar-refractivity contribution in [2.75, 3.05) is 5.32 Å². The van der Waals surface area contributed by atoms with Gasteiger partial charge in [-0.3, -0.25) is 0 Å². The van der Waals surface area contributed by atoms with Crippen LogP contribution in [0.25, 0.3) is 0 Å². The molecule has 5 nitrogen and oxygen atoms in total. The highest BCUT2D eigenvalue weighted by molar-refractivity contribution is 5.94. The molecule has 2 rings (SSSR count). The molecule has 0 fully saturated rings. The van der Waals surface area contributed by atoms with Gasteiger partial charge in [-0.1, -0.05) is 12.1 Å². The Bertz CT molecular complexity index is 480. The average molecular weight is 217 g/mol. The number of benzene rings is 1. The Morgan fingerprint density at radius 2 is 2.25 bits per heavy atom. The van der Waals surface area contributed by atoms with Crippen LogP contribution < -0.4 is 5.32 Å². The first-order valence-electron chi connectivity index (χ1n) is 4.82. The number of aromatic nitrogens is 2. The second kappa shape index (κ2) is 4.48. The van der Waals surface area contributed by atoms with Crippen LogP contribution in [0, 0.1) is 0 Å². The second-order valence-electron chi connectivity index (χ2n) is 3.24. The number of aromatic amines is 1. The van der Waals surface area contributed by atoms with Crippen molar-refractivity contribution < 1.29 is 9.90 Å². The highest BCUT2D eigenvalue weighted by atomic mass is 16.4. The van der Waals surface area contributed by atoms with Gasteiger partial charge < -0.3 is 15.4 Å². The van der Waals surface area contributed by atoms with Crippen LogP contribution in [0.1, 0.15) is 16.2 Å². The fraction of sp³-hybridized carbons (Fsp3) is 0.0909. The fourth-order valence-corrected chi connectivity index (χ4v) is 1.40. The number of carbonyl (C=O) groups is 1. The highest BCUT2D eigenvalue weighted by Crippen LogP contribution is 2.15. The van der Waals surface area contributed by atoms with Gasteiger partial charge in [0.1, 0.15) is 5.82 Å². The molecule has 0 saturated carbocycles. The molecule has 0 unspecified atom stereocenters. The summed E-state index contributed by atoms with van der Waals surface area (Å²) in [6.45, 7) is 0.470. The van der Waals surface area contributed by atoms with Crippen LogP contribution in [0.3, 0.4) is 0 Å². The Hall–Kier alpha value is -2.30. The Balaban J connectivity index is 2.12. The molecule has 1 aromatic heterocycles. The Kier molecular flexibility index (Phi) is 2.86. The minimum Gasteiger partial charge on any atom is -0.478 e. The van der Waals surface area contributed by atoms with Crippen LogP contribution in [0.5, 0.6) is 0 Å². The van der Waals surface area contributed by atoms with Crippen LogP contribution in [-0.4, -0.2) is 21.0 Å². The lowest BCUT2D eigenvalue weighted by Crippen LogP contribution is -2.06. The zero-order valence-electron chi connectivity index (χ0n) is 8.47. The maximum Gasteiger partial charge on any atom is 0.337 e. The minimum atomic E-state index is -0.942. The van der Waals surface area contributed by atoms with Crippen molar-refractivity contribution in [1.82, 2.24) is 9.97 Å². The van der Waals surface area contributed by atoms with Gasteiger partial charge in [-0.25, -0.2) is 9.78 Å². The van der Waals surface area contributed by atoms with Gasteiger partial charge in [0.15, 0.2) is 0 Å². The van der Waals surface area contributed by atoms with Crippen molar-refractivity contribution in [3.63, 3.8) is 0 Å². The first-order valence-corrected chi connectivity index (χ1v) is 4.82. The van der Waals surface area contributed by atoms with Gasteiger partial charge in [-0.2, -0.15) is 0 Å². The number of hydrogen-bond acceptors (Lipinski definition) is 3. The SMILES string of the molecule is O=C(O)c1ccccc1NCc1ncc[nH]1. The summed E-state index contributed by atoms with van der Waals surface area (Å²) in [5, 5.41) is 12.0. The number of nitrogens with zero attached hydrogens (tertiary/aromatic N) is 1. The number of aromatic carboxylic acids is 1. The zero-order valence-corrected chi connectivity index (χ0v) is 8.47. The van der Waals surface area contributed by atoms with E-state index in [9.17, 15) is 4.79 Å². The number of para-hydroxylation sites is 1. The predicted molar refractivity (Wildman–Crippen MR) is 59.3 cm³/mol. The second-order valence-corrected chi connectivity index (χ2v) is 3.24. The molecule has 3 N–H and O–H groups in total. The van der Waals surface area contributed by atoms with Crippen molar-refractivity contribution in [2.24, 2.45) is 0 Å².